The van der Waals surface area contributed by atoms with E-state index in [1.807, 2.05) is 11.9 Å². The van der Waals surface area contributed by atoms with Gasteiger partial charge in [0.05, 0.1) is 6.10 Å². The van der Waals surface area contributed by atoms with Gasteiger partial charge in [-0.05, 0) is 19.3 Å². The molecule has 1 aliphatic carbocycles. The normalized spacial score (nSPS) is 32.6. The van der Waals surface area contributed by atoms with Crippen molar-refractivity contribution in [3.63, 3.8) is 0 Å². The molecule has 19 heavy (non-hydrogen) atoms. The zero-order valence-electron chi connectivity index (χ0n) is 11.5. The van der Waals surface area contributed by atoms with Crippen LogP contribution in [0.5, 0.6) is 0 Å². The minimum Gasteiger partial charge on any atom is -0.368 e. The van der Waals surface area contributed by atoms with E-state index in [2.05, 4.69) is 0 Å². The van der Waals surface area contributed by atoms with Crippen LogP contribution in [0.15, 0.2) is 0 Å². The molecule has 0 spiro atoms. The van der Waals surface area contributed by atoms with Gasteiger partial charge in [-0.1, -0.05) is 6.42 Å². The molecule has 3 aliphatic rings. The number of rotatable bonds is 1. The number of hydrogen-bond acceptors (Lipinski definition) is 3. The lowest BCUT2D eigenvalue weighted by Crippen LogP contribution is -2.51. The number of amides is 2. The van der Waals surface area contributed by atoms with Gasteiger partial charge in [0.1, 0.15) is 6.61 Å². The van der Waals surface area contributed by atoms with Gasteiger partial charge >= 0.3 is 0 Å². The van der Waals surface area contributed by atoms with Crippen LogP contribution in [-0.2, 0) is 14.3 Å². The van der Waals surface area contributed by atoms with Crippen LogP contribution in [-0.4, -0.2) is 61.0 Å². The van der Waals surface area contributed by atoms with Crippen molar-refractivity contribution in [3.8, 4) is 0 Å². The molecule has 0 bridgehead atoms. The summed E-state index contributed by atoms with van der Waals surface area (Å²) in [5.41, 5.74) is 0. The van der Waals surface area contributed by atoms with Gasteiger partial charge in [-0.3, -0.25) is 9.59 Å². The van der Waals surface area contributed by atoms with Crippen LogP contribution in [0.4, 0.5) is 0 Å². The van der Waals surface area contributed by atoms with Crippen molar-refractivity contribution >= 4 is 11.8 Å². The fraction of sp³-hybridized carbons (Fsp3) is 0.857. The number of fused-ring (bicyclic) bond motifs is 1. The monoisotopic (exact) mass is 266 g/mol. The predicted octanol–water partition coefficient (Wildman–Crippen LogP) is 0.492. The molecule has 0 aromatic rings. The molecule has 0 aromatic carbocycles. The molecule has 0 radical (unpaired) electrons. The molecule has 5 nitrogen and oxygen atoms in total. The highest BCUT2D eigenvalue weighted by Gasteiger charge is 2.38. The maximum atomic E-state index is 12.3. The molecule has 3 fully saturated rings. The standard InChI is InChI=1S/C14H22N2O3/c1-15-7-11-8-16(14(18)10-3-2-4-10)6-5-12(11)19-9-13(15)17/h10-12H,2-9H2,1H3/t11-,12-/m0/s1. The van der Waals surface area contributed by atoms with Crippen molar-refractivity contribution in [3.05, 3.63) is 0 Å². The third kappa shape index (κ3) is 2.48. The molecule has 2 aliphatic heterocycles. The van der Waals surface area contributed by atoms with Crippen molar-refractivity contribution < 1.29 is 14.3 Å². The van der Waals surface area contributed by atoms with E-state index in [0.717, 1.165) is 32.4 Å². The van der Waals surface area contributed by atoms with Gasteiger partial charge in [-0.15, -0.1) is 0 Å². The number of likely N-dealkylation sites (N-methyl/N-ethyl adjacent to an activating group) is 1. The average Bonchev–Trinajstić information content (AvgIpc) is 2.47. The fourth-order valence-electron chi connectivity index (χ4n) is 3.26. The third-order valence-electron chi connectivity index (χ3n) is 4.79. The van der Waals surface area contributed by atoms with Crippen LogP contribution in [0.2, 0.25) is 0 Å². The van der Waals surface area contributed by atoms with E-state index in [1.165, 1.54) is 6.42 Å². The van der Waals surface area contributed by atoms with Crippen LogP contribution in [0.3, 0.4) is 0 Å². The topological polar surface area (TPSA) is 49.9 Å². The number of carbonyl (C=O) groups excluding carboxylic acids is 2. The lowest BCUT2D eigenvalue weighted by Gasteiger charge is -2.40. The van der Waals surface area contributed by atoms with E-state index < -0.39 is 0 Å². The summed E-state index contributed by atoms with van der Waals surface area (Å²) in [7, 11) is 1.82. The quantitative estimate of drug-likeness (QED) is 0.694. The van der Waals surface area contributed by atoms with Crippen molar-refractivity contribution in [2.75, 3.05) is 33.3 Å². The van der Waals surface area contributed by atoms with Gasteiger partial charge < -0.3 is 14.5 Å². The van der Waals surface area contributed by atoms with Crippen LogP contribution in [0.25, 0.3) is 0 Å². The molecule has 0 N–H and O–H groups in total. The summed E-state index contributed by atoms with van der Waals surface area (Å²) in [6, 6.07) is 0. The first-order valence-corrected chi connectivity index (χ1v) is 7.29. The summed E-state index contributed by atoms with van der Waals surface area (Å²) in [5.74, 6) is 0.908. The van der Waals surface area contributed by atoms with Gasteiger partial charge in [-0.2, -0.15) is 0 Å². The SMILES string of the molecule is CN1C[C@H]2CN(C(=O)C3CCC3)CC[C@@H]2OCC1=O. The first kappa shape index (κ1) is 12.9. The Labute approximate surface area is 113 Å². The van der Waals surface area contributed by atoms with E-state index in [4.69, 9.17) is 4.74 Å². The second kappa shape index (κ2) is 5.12. The first-order chi connectivity index (χ1) is 9.15. The summed E-state index contributed by atoms with van der Waals surface area (Å²) in [5, 5.41) is 0. The molecule has 0 unspecified atom stereocenters. The molecule has 2 saturated heterocycles. The first-order valence-electron chi connectivity index (χ1n) is 7.29. The maximum Gasteiger partial charge on any atom is 0.248 e. The summed E-state index contributed by atoms with van der Waals surface area (Å²) in [4.78, 5) is 27.7. The lowest BCUT2D eigenvalue weighted by atomic mass is 9.83. The summed E-state index contributed by atoms with van der Waals surface area (Å²) in [6.45, 7) is 2.43. The number of hydrogen-bond donors (Lipinski definition) is 0. The highest BCUT2D eigenvalue weighted by atomic mass is 16.5. The number of likely N-dealkylation sites (tertiary alicyclic amines) is 1. The zero-order chi connectivity index (χ0) is 13.4. The van der Waals surface area contributed by atoms with Gasteiger partial charge in [-0.25, -0.2) is 0 Å². The summed E-state index contributed by atoms with van der Waals surface area (Å²) >= 11 is 0. The van der Waals surface area contributed by atoms with Gasteiger partial charge in [0.2, 0.25) is 11.8 Å². The molecule has 1 saturated carbocycles. The smallest absolute Gasteiger partial charge is 0.248 e. The van der Waals surface area contributed by atoms with E-state index in [9.17, 15) is 9.59 Å². The van der Waals surface area contributed by atoms with E-state index >= 15 is 0 Å². The summed E-state index contributed by atoms with van der Waals surface area (Å²) in [6.07, 6.45) is 4.30. The van der Waals surface area contributed by atoms with Crippen LogP contribution >= 0.6 is 0 Å². The number of carbonyl (C=O) groups is 2. The molecular weight excluding hydrogens is 244 g/mol. The van der Waals surface area contributed by atoms with Gasteiger partial charge in [0.25, 0.3) is 0 Å². The average molecular weight is 266 g/mol. The molecule has 2 atom stereocenters. The Morgan fingerprint density at radius 3 is 2.74 bits per heavy atom. The minimum atomic E-state index is 0.0475. The van der Waals surface area contributed by atoms with E-state index in [1.54, 1.807) is 4.90 Å². The number of nitrogens with zero attached hydrogens (tertiary/aromatic N) is 2. The molecule has 3 rings (SSSR count). The van der Waals surface area contributed by atoms with E-state index in [0.29, 0.717) is 12.5 Å². The Bertz CT molecular complexity index is 381. The molecular formula is C14H22N2O3. The lowest BCUT2D eigenvalue weighted by molar-refractivity contribution is -0.143. The maximum absolute atomic E-state index is 12.3. The highest BCUT2D eigenvalue weighted by Crippen LogP contribution is 2.31. The Morgan fingerprint density at radius 2 is 2.05 bits per heavy atom. The molecule has 106 valence electrons. The highest BCUT2D eigenvalue weighted by molar-refractivity contribution is 5.80. The predicted molar refractivity (Wildman–Crippen MR) is 69.4 cm³/mol. The Kier molecular flexibility index (Phi) is 3.48. The van der Waals surface area contributed by atoms with Gasteiger partial charge in [0, 0.05) is 38.5 Å². The fourth-order valence-corrected chi connectivity index (χ4v) is 3.26. The molecule has 2 amide bonds. The second-order valence-corrected chi connectivity index (χ2v) is 6.08. The Balaban J connectivity index is 1.64. The molecule has 5 heteroatoms. The molecule has 0 aromatic heterocycles. The summed E-state index contributed by atoms with van der Waals surface area (Å²) < 4.78 is 5.69. The van der Waals surface area contributed by atoms with Gasteiger partial charge in [0.15, 0.2) is 0 Å². The van der Waals surface area contributed by atoms with Crippen molar-refractivity contribution in [1.82, 2.24) is 9.80 Å². The largest absolute Gasteiger partial charge is 0.368 e. The second-order valence-electron chi connectivity index (χ2n) is 6.08. The van der Waals surface area contributed by atoms with E-state index in [-0.39, 0.29) is 30.5 Å². The molecule has 2 heterocycles. The Hall–Kier alpha value is -1.10. The minimum absolute atomic E-state index is 0.0475. The van der Waals surface area contributed by atoms with Crippen molar-refractivity contribution in [2.45, 2.75) is 31.8 Å². The van der Waals surface area contributed by atoms with Crippen molar-refractivity contribution in [2.24, 2.45) is 11.8 Å². The Morgan fingerprint density at radius 1 is 1.26 bits per heavy atom. The number of ether oxygens (including phenoxy) is 1. The van der Waals surface area contributed by atoms with Crippen LogP contribution in [0, 0.1) is 11.8 Å². The third-order valence-corrected chi connectivity index (χ3v) is 4.79. The van der Waals surface area contributed by atoms with Crippen LogP contribution < -0.4 is 0 Å². The van der Waals surface area contributed by atoms with Crippen molar-refractivity contribution in [1.29, 1.82) is 0 Å². The number of piperidine rings is 1. The zero-order valence-corrected chi connectivity index (χ0v) is 11.5. The van der Waals surface area contributed by atoms with Crippen LogP contribution in [0.1, 0.15) is 25.7 Å².